The van der Waals surface area contributed by atoms with Crippen LogP contribution in [0.1, 0.15) is 0 Å². The molecule has 33 heavy (non-hydrogen) atoms. The number of benzene rings is 2. The van der Waals surface area contributed by atoms with Gasteiger partial charge in [0.05, 0.1) is 10.4 Å². The summed E-state index contributed by atoms with van der Waals surface area (Å²) >= 11 is 0. The fourth-order valence-electron chi connectivity index (χ4n) is 3.21. The number of rotatable bonds is 6. The Bertz CT molecular complexity index is 1600. The lowest BCUT2D eigenvalue weighted by atomic mass is 10.3. The van der Waals surface area contributed by atoms with Gasteiger partial charge in [0.15, 0.2) is 5.58 Å². The number of imidazole rings is 1. The molecule has 5 rings (SSSR count). The first-order valence-electron chi connectivity index (χ1n) is 9.69. The highest BCUT2D eigenvalue weighted by Gasteiger charge is 2.17. The SMILES string of the molecule is Cn1c(=O)oc2ccc(S(=O)(=O)Nc3ccc(Nc4cc(-n5ccnc5)ncn4)cc3)cc21. The highest BCUT2D eigenvalue weighted by molar-refractivity contribution is 7.92. The van der Waals surface area contributed by atoms with E-state index in [1.165, 1.54) is 36.1 Å². The molecule has 0 radical (unpaired) electrons. The standard InChI is InChI=1S/C21H17N7O4S/c1-27-17-10-16(6-7-18(17)32-21(27)29)33(30,31)26-15-4-2-14(3-5-15)25-19-11-20(24-12-23-19)28-9-8-22-13-28/h2-13,26H,1H3,(H,23,24,25). The fraction of sp³-hybridized carbons (Fsp3) is 0.0476. The summed E-state index contributed by atoms with van der Waals surface area (Å²) < 4.78 is 36.2. The lowest BCUT2D eigenvalue weighted by molar-refractivity contribution is 0.528. The predicted octanol–water partition coefficient (Wildman–Crippen LogP) is 2.65. The van der Waals surface area contributed by atoms with E-state index in [1.807, 2.05) is 0 Å². The van der Waals surface area contributed by atoms with Crippen LogP contribution >= 0.6 is 0 Å². The molecule has 0 amide bonds. The van der Waals surface area contributed by atoms with Crippen LogP contribution in [0, 0.1) is 0 Å². The maximum absolute atomic E-state index is 12.8. The van der Waals surface area contributed by atoms with Gasteiger partial charge >= 0.3 is 5.76 Å². The number of hydrogen-bond donors (Lipinski definition) is 2. The third kappa shape index (κ3) is 4.06. The van der Waals surface area contributed by atoms with Crippen molar-refractivity contribution in [1.29, 1.82) is 0 Å². The Hall–Kier alpha value is -4.45. The molecule has 2 aromatic carbocycles. The number of anilines is 3. The van der Waals surface area contributed by atoms with E-state index < -0.39 is 15.8 Å². The van der Waals surface area contributed by atoms with Crippen LogP contribution in [0.2, 0.25) is 0 Å². The van der Waals surface area contributed by atoms with Crippen molar-refractivity contribution in [2.24, 2.45) is 7.05 Å². The molecular formula is C21H17N7O4S. The molecule has 5 aromatic rings. The van der Waals surface area contributed by atoms with Gasteiger partial charge in [-0.15, -0.1) is 0 Å². The Balaban J connectivity index is 1.33. The normalized spacial score (nSPS) is 11.5. The zero-order valence-electron chi connectivity index (χ0n) is 17.2. The van der Waals surface area contributed by atoms with Crippen LogP contribution in [-0.2, 0) is 17.1 Å². The highest BCUT2D eigenvalue weighted by atomic mass is 32.2. The minimum atomic E-state index is -3.87. The topological polar surface area (TPSA) is 137 Å². The lowest BCUT2D eigenvalue weighted by Gasteiger charge is -2.10. The van der Waals surface area contributed by atoms with Crippen molar-refractivity contribution < 1.29 is 12.8 Å². The van der Waals surface area contributed by atoms with Gasteiger partial charge < -0.3 is 9.73 Å². The Labute approximate surface area is 187 Å². The van der Waals surface area contributed by atoms with Gasteiger partial charge in [0.25, 0.3) is 10.0 Å². The van der Waals surface area contributed by atoms with Gasteiger partial charge in [-0.05, 0) is 42.5 Å². The van der Waals surface area contributed by atoms with Crippen LogP contribution in [0.15, 0.2) is 87.7 Å². The summed E-state index contributed by atoms with van der Waals surface area (Å²) in [4.78, 5) is 24.1. The molecule has 0 saturated carbocycles. The second-order valence-electron chi connectivity index (χ2n) is 7.10. The monoisotopic (exact) mass is 463 g/mol. The third-order valence-corrected chi connectivity index (χ3v) is 6.28. The summed E-state index contributed by atoms with van der Waals surface area (Å²) in [7, 11) is -2.36. The third-order valence-electron chi connectivity index (χ3n) is 4.90. The van der Waals surface area contributed by atoms with Crippen molar-refractivity contribution in [2.75, 3.05) is 10.0 Å². The molecule has 0 aliphatic heterocycles. The molecule has 0 unspecified atom stereocenters. The summed E-state index contributed by atoms with van der Waals surface area (Å²) in [6, 6.07) is 12.7. The van der Waals surface area contributed by atoms with E-state index >= 15 is 0 Å². The van der Waals surface area contributed by atoms with Crippen LogP contribution in [0.25, 0.3) is 16.9 Å². The van der Waals surface area contributed by atoms with Gasteiger partial charge in [-0.1, -0.05) is 0 Å². The number of sulfonamides is 1. The fourth-order valence-corrected chi connectivity index (χ4v) is 4.29. The van der Waals surface area contributed by atoms with Crippen LogP contribution in [0.3, 0.4) is 0 Å². The number of hydrogen-bond acceptors (Lipinski definition) is 8. The molecule has 11 nitrogen and oxygen atoms in total. The first kappa shape index (κ1) is 20.5. The maximum atomic E-state index is 12.8. The molecule has 0 spiro atoms. The molecule has 12 heteroatoms. The minimum Gasteiger partial charge on any atom is -0.408 e. The van der Waals surface area contributed by atoms with Crippen molar-refractivity contribution in [1.82, 2.24) is 24.1 Å². The molecular weight excluding hydrogens is 446 g/mol. The summed E-state index contributed by atoms with van der Waals surface area (Å²) in [5, 5.41) is 3.15. The zero-order chi connectivity index (χ0) is 23.0. The Morgan fingerprint density at radius 1 is 1.00 bits per heavy atom. The Morgan fingerprint density at radius 3 is 2.55 bits per heavy atom. The van der Waals surface area contributed by atoms with Gasteiger partial charge in [-0.3, -0.25) is 13.9 Å². The van der Waals surface area contributed by atoms with Crippen molar-refractivity contribution >= 4 is 38.3 Å². The smallest absolute Gasteiger partial charge is 0.408 e. The van der Waals surface area contributed by atoms with Crippen LogP contribution < -0.4 is 15.8 Å². The summed E-state index contributed by atoms with van der Waals surface area (Å²) in [6.45, 7) is 0. The van der Waals surface area contributed by atoms with Gasteiger partial charge in [-0.25, -0.2) is 28.2 Å². The first-order chi connectivity index (χ1) is 15.9. The van der Waals surface area contributed by atoms with Crippen molar-refractivity contribution in [2.45, 2.75) is 4.90 Å². The number of nitrogens with zero attached hydrogens (tertiary/aromatic N) is 5. The number of oxazole rings is 1. The second kappa shape index (κ2) is 7.91. The summed E-state index contributed by atoms with van der Waals surface area (Å²) in [5.74, 6) is 0.666. The van der Waals surface area contributed by atoms with E-state index in [9.17, 15) is 13.2 Å². The number of fused-ring (bicyclic) bond motifs is 1. The lowest BCUT2D eigenvalue weighted by Crippen LogP contribution is -2.13. The van der Waals surface area contributed by atoms with Gasteiger partial charge in [-0.2, -0.15) is 0 Å². The average molecular weight is 463 g/mol. The Kier molecular flexibility index (Phi) is 4.90. The van der Waals surface area contributed by atoms with Gasteiger partial charge in [0.2, 0.25) is 0 Å². The minimum absolute atomic E-state index is 0.0154. The zero-order valence-corrected chi connectivity index (χ0v) is 18.0. The molecule has 0 saturated heterocycles. The molecule has 0 aliphatic rings. The van der Waals surface area contributed by atoms with E-state index in [0.717, 1.165) is 0 Å². The molecule has 0 aliphatic carbocycles. The summed E-state index contributed by atoms with van der Waals surface area (Å²) in [5.41, 5.74) is 1.80. The molecule has 166 valence electrons. The molecule has 2 N–H and O–H groups in total. The summed E-state index contributed by atoms with van der Waals surface area (Å²) in [6.07, 6.45) is 6.50. The molecule has 0 fully saturated rings. The van der Waals surface area contributed by atoms with E-state index in [0.29, 0.717) is 34.1 Å². The van der Waals surface area contributed by atoms with Crippen LogP contribution in [-0.4, -0.2) is 32.5 Å². The number of nitrogens with one attached hydrogen (secondary N) is 2. The number of aromatic nitrogens is 5. The van der Waals surface area contributed by atoms with E-state index in [4.69, 9.17) is 4.42 Å². The Morgan fingerprint density at radius 2 is 1.79 bits per heavy atom. The van der Waals surface area contributed by atoms with E-state index in [-0.39, 0.29) is 4.90 Å². The van der Waals surface area contributed by atoms with E-state index in [1.54, 1.807) is 53.6 Å². The van der Waals surface area contributed by atoms with Crippen LogP contribution in [0.4, 0.5) is 17.2 Å². The first-order valence-corrected chi connectivity index (χ1v) is 11.2. The van der Waals surface area contributed by atoms with Crippen molar-refractivity contribution in [3.63, 3.8) is 0 Å². The van der Waals surface area contributed by atoms with Crippen molar-refractivity contribution in [3.8, 4) is 5.82 Å². The molecule has 0 atom stereocenters. The van der Waals surface area contributed by atoms with Gasteiger partial charge in [0.1, 0.15) is 24.3 Å². The quantitative estimate of drug-likeness (QED) is 0.392. The van der Waals surface area contributed by atoms with E-state index in [2.05, 4.69) is 25.0 Å². The predicted molar refractivity (Wildman–Crippen MR) is 121 cm³/mol. The molecule has 3 heterocycles. The largest absolute Gasteiger partial charge is 0.419 e. The maximum Gasteiger partial charge on any atom is 0.419 e. The number of aryl methyl sites for hydroxylation is 1. The van der Waals surface area contributed by atoms with Gasteiger partial charge in [0, 0.05) is 36.9 Å². The van der Waals surface area contributed by atoms with Crippen LogP contribution in [0.5, 0.6) is 0 Å². The van der Waals surface area contributed by atoms with Crippen molar-refractivity contribution in [3.05, 3.63) is 84.1 Å². The highest BCUT2D eigenvalue weighted by Crippen LogP contribution is 2.23. The molecule has 0 bridgehead atoms. The second-order valence-corrected chi connectivity index (χ2v) is 8.78. The molecule has 3 aromatic heterocycles. The average Bonchev–Trinajstić information content (AvgIpc) is 3.44.